The number of halogens is 3. The topological polar surface area (TPSA) is 138 Å². The second kappa shape index (κ2) is 23.5. The van der Waals surface area contributed by atoms with E-state index in [1.165, 1.54) is 69.8 Å². The average molecular weight is 852 g/mol. The summed E-state index contributed by atoms with van der Waals surface area (Å²) in [4.78, 5) is 17.1. The second-order valence-corrected chi connectivity index (χ2v) is 15.7. The van der Waals surface area contributed by atoms with Crippen molar-refractivity contribution >= 4 is 62.7 Å². The van der Waals surface area contributed by atoms with Gasteiger partial charge < -0.3 is 34.8 Å². The van der Waals surface area contributed by atoms with E-state index in [1.54, 1.807) is 14.2 Å². The van der Waals surface area contributed by atoms with E-state index in [0.717, 1.165) is 64.3 Å². The van der Waals surface area contributed by atoms with Gasteiger partial charge in [-0.2, -0.15) is 9.97 Å². The van der Waals surface area contributed by atoms with Crippen LogP contribution in [-0.4, -0.2) is 67.1 Å². The van der Waals surface area contributed by atoms with Crippen molar-refractivity contribution in [2.75, 3.05) is 26.1 Å². The third-order valence-corrected chi connectivity index (χ3v) is 10.9. The van der Waals surface area contributed by atoms with Crippen LogP contribution in [0.1, 0.15) is 95.1 Å². The maximum atomic E-state index is 8.07. The molecule has 6 aromatic rings. The summed E-state index contributed by atoms with van der Waals surface area (Å²) >= 11 is 18.1. The van der Waals surface area contributed by atoms with Gasteiger partial charge >= 0.3 is 0 Å². The first kappa shape index (κ1) is 45.0. The van der Waals surface area contributed by atoms with Crippen LogP contribution in [-0.2, 0) is 13.1 Å². The molecule has 2 fully saturated rings. The van der Waals surface area contributed by atoms with E-state index in [1.807, 2.05) is 59.4 Å². The first-order valence-corrected chi connectivity index (χ1v) is 21.4. The molecule has 8 rings (SSSR count). The van der Waals surface area contributed by atoms with E-state index in [0.29, 0.717) is 30.4 Å². The normalized spacial score (nSPS) is 14.4. The van der Waals surface area contributed by atoms with Crippen LogP contribution in [0.15, 0.2) is 73.1 Å². The maximum Gasteiger partial charge on any atom is 0.226 e. The Kier molecular flexibility index (Phi) is 18.2. The zero-order valence-electron chi connectivity index (χ0n) is 33.8. The summed E-state index contributed by atoms with van der Waals surface area (Å²) in [6.07, 6.45) is 18.9. The summed E-state index contributed by atoms with van der Waals surface area (Å²) in [7, 11) is 3.32. The molecule has 0 amide bonds. The minimum atomic E-state index is 0.150. The third-order valence-electron chi connectivity index (χ3n) is 10.3. The molecule has 2 aliphatic rings. The first-order valence-electron chi connectivity index (χ1n) is 20.3. The number of hydrogen-bond acceptors (Lipinski definition) is 9. The Labute approximate surface area is 357 Å². The Bertz CT molecular complexity index is 2110. The lowest BCUT2D eigenvalue weighted by Gasteiger charge is -2.23. The number of rotatable bonds is 10. The van der Waals surface area contributed by atoms with Crippen LogP contribution >= 0.6 is 34.8 Å². The SMILES string of the molecule is CCCCO.COc1ccc(Cn2ccc3c(Cl)nc(Cl)nc32)cc1.COc1ccc(Cn2ccc3c(NC4CCCCC4)nc(Cl)nc32)cc1.NC1CCCCC1. The van der Waals surface area contributed by atoms with E-state index >= 15 is 0 Å². The van der Waals surface area contributed by atoms with Gasteiger partial charge in [-0.3, -0.25) is 0 Å². The zero-order valence-corrected chi connectivity index (χ0v) is 36.1. The van der Waals surface area contributed by atoms with Crippen LogP contribution < -0.4 is 20.5 Å². The molecule has 4 heterocycles. The molecule has 2 saturated carbocycles. The third kappa shape index (κ3) is 13.5. The molecule has 312 valence electrons. The number of fused-ring (bicyclic) bond motifs is 2. The Morgan fingerprint density at radius 1 is 0.672 bits per heavy atom. The van der Waals surface area contributed by atoms with E-state index in [4.69, 9.17) is 55.1 Å². The zero-order chi connectivity index (χ0) is 41.3. The largest absolute Gasteiger partial charge is 0.497 e. The second-order valence-electron chi connectivity index (χ2n) is 14.6. The van der Waals surface area contributed by atoms with E-state index in [9.17, 15) is 0 Å². The quantitative estimate of drug-likeness (QED) is 0.0908. The number of aliphatic hydroxyl groups excluding tert-OH is 1. The van der Waals surface area contributed by atoms with Crippen molar-refractivity contribution in [3.63, 3.8) is 0 Å². The van der Waals surface area contributed by atoms with Crippen molar-refractivity contribution in [1.29, 1.82) is 0 Å². The van der Waals surface area contributed by atoms with Gasteiger partial charge in [0, 0.05) is 44.2 Å². The monoisotopic (exact) mass is 850 g/mol. The Morgan fingerprint density at radius 2 is 1.16 bits per heavy atom. The fourth-order valence-electron chi connectivity index (χ4n) is 7.00. The highest BCUT2D eigenvalue weighted by Gasteiger charge is 2.18. The van der Waals surface area contributed by atoms with Gasteiger partial charge in [-0.15, -0.1) is 0 Å². The fourth-order valence-corrected chi connectivity index (χ4v) is 7.59. The Balaban J connectivity index is 0.000000175. The number of aromatic nitrogens is 6. The van der Waals surface area contributed by atoms with Gasteiger partial charge in [0.2, 0.25) is 10.6 Å². The number of nitrogens with zero attached hydrogens (tertiary/aromatic N) is 6. The maximum absolute atomic E-state index is 8.07. The van der Waals surface area contributed by atoms with Gasteiger partial charge in [0.15, 0.2) is 0 Å². The van der Waals surface area contributed by atoms with E-state index < -0.39 is 0 Å². The summed E-state index contributed by atoms with van der Waals surface area (Å²) in [5.41, 5.74) is 9.54. The van der Waals surface area contributed by atoms with Crippen molar-refractivity contribution in [3.05, 3.63) is 99.9 Å². The van der Waals surface area contributed by atoms with Crippen molar-refractivity contribution in [2.45, 2.75) is 109 Å². The average Bonchev–Trinajstić information content (AvgIpc) is 3.84. The van der Waals surface area contributed by atoms with E-state index in [-0.39, 0.29) is 10.6 Å². The highest BCUT2D eigenvalue weighted by Crippen LogP contribution is 2.28. The molecule has 0 spiro atoms. The molecule has 0 radical (unpaired) electrons. The van der Waals surface area contributed by atoms with Crippen LogP contribution in [0.5, 0.6) is 11.5 Å². The molecular formula is C44H57Cl3N8O3. The molecule has 0 saturated heterocycles. The first-order chi connectivity index (χ1) is 28.2. The minimum Gasteiger partial charge on any atom is -0.497 e. The van der Waals surface area contributed by atoms with Crippen molar-refractivity contribution < 1.29 is 14.6 Å². The number of benzene rings is 2. The highest BCUT2D eigenvalue weighted by atomic mass is 35.5. The highest BCUT2D eigenvalue weighted by molar-refractivity contribution is 6.35. The lowest BCUT2D eigenvalue weighted by Crippen LogP contribution is -2.23. The van der Waals surface area contributed by atoms with E-state index in [2.05, 4.69) is 54.9 Å². The molecule has 0 aliphatic heterocycles. The van der Waals surface area contributed by atoms with Crippen molar-refractivity contribution in [1.82, 2.24) is 29.1 Å². The molecule has 0 unspecified atom stereocenters. The number of nitrogens with one attached hydrogen (secondary N) is 1. The van der Waals surface area contributed by atoms with Gasteiger partial charge in [-0.25, -0.2) is 9.97 Å². The summed E-state index contributed by atoms with van der Waals surface area (Å²) in [6, 6.07) is 20.9. The van der Waals surface area contributed by atoms with Crippen LogP contribution in [0.25, 0.3) is 22.1 Å². The lowest BCUT2D eigenvalue weighted by atomic mass is 9.95. The Hall–Kier alpha value is -4.13. The van der Waals surface area contributed by atoms with Gasteiger partial charge in [-0.05, 0) is 103 Å². The standard InChI is InChI=1S/C20H23ClN4O.C14H11Cl2N3O.C6H13N.C4H10O/c1-26-16-9-7-14(8-10-16)13-25-12-11-17-18(23-20(21)24-19(17)25)22-15-5-3-2-4-6-15;1-20-10-4-2-9(3-5-10)8-19-7-6-11-12(15)17-14(16)18-13(11)19;7-6-4-2-1-3-5-6;1-2-3-4-5/h7-12,15H,2-6,13H2,1H3,(H,22,23,24);2-7H,8H2,1H3;6H,1-5,7H2;5H,2-4H2,1H3. The number of methoxy groups -OCH3 is 2. The fraction of sp³-hybridized carbons (Fsp3) is 0.455. The number of ether oxygens (including phenoxy) is 2. The molecule has 11 nitrogen and oxygen atoms in total. The lowest BCUT2D eigenvalue weighted by molar-refractivity contribution is 0.287. The van der Waals surface area contributed by atoms with Crippen molar-refractivity contribution in [2.24, 2.45) is 5.73 Å². The summed E-state index contributed by atoms with van der Waals surface area (Å²) in [6.45, 7) is 3.80. The molecule has 0 bridgehead atoms. The smallest absolute Gasteiger partial charge is 0.226 e. The number of hydrogen-bond donors (Lipinski definition) is 3. The van der Waals surface area contributed by atoms with Crippen LogP contribution in [0.4, 0.5) is 5.82 Å². The van der Waals surface area contributed by atoms with Gasteiger partial charge in [-0.1, -0.05) is 87.7 Å². The summed E-state index contributed by atoms with van der Waals surface area (Å²) in [5.74, 6) is 2.54. The van der Waals surface area contributed by atoms with Crippen LogP contribution in [0.2, 0.25) is 15.7 Å². The predicted molar refractivity (Wildman–Crippen MR) is 238 cm³/mol. The number of anilines is 1. The number of aliphatic hydroxyl groups is 1. The van der Waals surface area contributed by atoms with Crippen molar-refractivity contribution in [3.8, 4) is 11.5 Å². The molecular weight excluding hydrogens is 795 g/mol. The Morgan fingerprint density at radius 3 is 1.60 bits per heavy atom. The molecule has 4 N–H and O–H groups in total. The van der Waals surface area contributed by atoms with Gasteiger partial charge in [0.1, 0.15) is 33.8 Å². The van der Waals surface area contributed by atoms with Gasteiger partial charge in [0.25, 0.3) is 0 Å². The summed E-state index contributed by atoms with van der Waals surface area (Å²) in [5, 5.41) is 14.3. The number of nitrogens with two attached hydrogens (primary N) is 1. The molecule has 0 atom stereocenters. The predicted octanol–water partition coefficient (Wildman–Crippen LogP) is 10.7. The summed E-state index contributed by atoms with van der Waals surface area (Å²) < 4.78 is 14.5. The minimum absolute atomic E-state index is 0.150. The van der Waals surface area contributed by atoms with Gasteiger partial charge in [0.05, 0.1) is 25.0 Å². The molecule has 14 heteroatoms. The van der Waals surface area contributed by atoms with Crippen LogP contribution in [0, 0.1) is 0 Å². The molecule has 58 heavy (non-hydrogen) atoms. The molecule has 2 aromatic carbocycles. The number of unbranched alkanes of at least 4 members (excludes halogenated alkanes) is 1. The molecule has 2 aliphatic carbocycles. The van der Waals surface area contributed by atoms with Crippen LogP contribution in [0.3, 0.4) is 0 Å². The molecule has 4 aromatic heterocycles.